The van der Waals surface area contributed by atoms with Gasteiger partial charge in [-0.25, -0.2) is 4.79 Å². The molecule has 0 saturated carbocycles. The molecule has 0 aromatic heterocycles. The standard InChI is InChI=1S/C21H23ClN4O4/c22-15-2-1-3-16(12-15)23-21(28)24-17-4-5-18-19(13-17)30-14-20(27)26(18)7-6-25-8-10-29-11-9-25/h1-5,12-13H,6-11,14H2,(H2,23,24,28). The van der Waals surface area contributed by atoms with E-state index in [1.807, 2.05) is 0 Å². The number of anilines is 3. The van der Waals surface area contributed by atoms with Crippen LogP contribution in [-0.2, 0) is 9.53 Å². The van der Waals surface area contributed by atoms with Crippen molar-refractivity contribution in [2.24, 2.45) is 0 Å². The molecule has 3 amide bonds. The molecule has 4 rings (SSSR count). The van der Waals surface area contributed by atoms with Crippen molar-refractivity contribution >= 4 is 40.6 Å². The number of hydrogen-bond acceptors (Lipinski definition) is 5. The molecule has 2 aromatic carbocycles. The zero-order valence-electron chi connectivity index (χ0n) is 16.4. The Morgan fingerprint density at radius 1 is 1.03 bits per heavy atom. The van der Waals surface area contributed by atoms with Crippen molar-refractivity contribution in [2.45, 2.75) is 0 Å². The van der Waals surface area contributed by atoms with Crippen LogP contribution in [0.3, 0.4) is 0 Å². The molecule has 8 nitrogen and oxygen atoms in total. The number of carbonyl (C=O) groups excluding carboxylic acids is 2. The zero-order valence-corrected chi connectivity index (χ0v) is 17.2. The first-order chi connectivity index (χ1) is 14.6. The second kappa shape index (κ2) is 9.34. The van der Waals surface area contributed by atoms with Crippen LogP contribution in [0.25, 0.3) is 0 Å². The van der Waals surface area contributed by atoms with Crippen molar-refractivity contribution in [3.63, 3.8) is 0 Å². The van der Waals surface area contributed by atoms with Crippen LogP contribution in [0.15, 0.2) is 42.5 Å². The molecule has 0 bridgehead atoms. The quantitative estimate of drug-likeness (QED) is 0.761. The lowest BCUT2D eigenvalue weighted by Crippen LogP contribution is -2.45. The van der Waals surface area contributed by atoms with Crippen LogP contribution in [0.2, 0.25) is 5.02 Å². The molecule has 30 heavy (non-hydrogen) atoms. The lowest BCUT2D eigenvalue weighted by molar-refractivity contribution is -0.121. The number of benzene rings is 2. The van der Waals surface area contributed by atoms with E-state index < -0.39 is 6.03 Å². The number of nitrogens with one attached hydrogen (secondary N) is 2. The van der Waals surface area contributed by atoms with E-state index in [2.05, 4.69) is 15.5 Å². The summed E-state index contributed by atoms with van der Waals surface area (Å²) in [5.41, 5.74) is 1.87. The number of urea groups is 1. The predicted molar refractivity (Wildman–Crippen MR) is 116 cm³/mol. The van der Waals surface area contributed by atoms with Crippen molar-refractivity contribution in [3.05, 3.63) is 47.5 Å². The average Bonchev–Trinajstić information content (AvgIpc) is 2.74. The first-order valence-corrected chi connectivity index (χ1v) is 10.2. The second-order valence-corrected chi connectivity index (χ2v) is 7.50. The highest BCUT2D eigenvalue weighted by atomic mass is 35.5. The summed E-state index contributed by atoms with van der Waals surface area (Å²) >= 11 is 5.94. The molecule has 2 aromatic rings. The fourth-order valence-corrected chi connectivity index (χ4v) is 3.64. The van der Waals surface area contributed by atoms with E-state index in [-0.39, 0.29) is 12.5 Å². The van der Waals surface area contributed by atoms with Crippen LogP contribution in [0, 0.1) is 0 Å². The van der Waals surface area contributed by atoms with Crippen molar-refractivity contribution in [1.82, 2.24) is 4.90 Å². The highest BCUT2D eigenvalue weighted by Crippen LogP contribution is 2.34. The van der Waals surface area contributed by atoms with Crippen LogP contribution in [0.5, 0.6) is 5.75 Å². The van der Waals surface area contributed by atoms with Gasteiger partial charge in [0.2, 0.25) is 0 Å². The highest BCUT2D eigenvalue weighted by molar-refractivity contribution is 6.30. The molecule has 0 spiro atoms. The van der Waals surface area contributed by atoms with Gasteiger partial charge >= 0.3 is 6.03 Å². The maximum Gasteiger partial charge on any atom is 0.323 e. The van der Waals surface area contributed by atoms with Gasteiger partial charge in [0.05, 0.1) is 18.9 Å². The Labute approximate surface area is 179 Å². The Morgan fingerprint density at radius 2 is 1.80 bits per heavy atom. The Bertz CT molecular complexity index is 933. The SMILES string of the molecule is O=C(Nc1cccc(Cl)c1)Nc1ccc2c(c1)OCC(=O)N2CCN1CCOCC1. The summed E-state index contributed by atoms with van der Waals surface area (Å²) in [5.74, 6) is 0.493. The molecule has 0 atom stereocenters. The summed E-state index contributed by atoms with van der Waals surface area (Å²) in [5, 5.41) is 6.04. The largest absolute Gasteiger partial charge is 0.481 e. The molecular formula is C21H23ClN4O4. The summed E-state index contributed by atoms with van der Waals surface area (Å²) in [4.78, 5) is 28.7. The number of amides is 3. The number of fused-ring (bicyclic) bond motifs is 1. The summed E-state index contributed by atoms with van der Waals surface area (Å²) in [6.07, 6.45) is 0. The number of ether oxygens (including phenoxy) is 2. The molecular weight excluding hydrogens is 408 g/mol. The minimum Gasteiger partial charge on any atom is -0.481 e. The summed E-state index contributed by atoms with van der Waals surface area (Å²) in [6.45, 7) is 4.52. The van der Waals surface area contributed by atoms with Gasteiger partial charge < -0.3 is 25.0 Å². The lowest BCUT2D eigenvalue weighted by atomic mass is 10.2. The van der Waals surface area contributed by atoms with Gasteiger partial charge in [0.1, 0.15) is 5.75 Å². The van der Waals surface area contributed by atoms with Gasteiger partial charge in [-0.1, -0.05) is 17.7 Å². The van der Waals surface area contributed by atoms with Crippen LogP contribution in [0.4, 0.5) is 21.9 Å². The van der Waals surface area contributed by atoms with E-state index in [0.29, 0.717) is 34.4 Å². The number of morpholine rings is 1. The van der Waals surface area contributed by atoms with Gasteiger partial charge in [-0.3, -0.25) is 9.69 Å². The van der Waals surface area contributed by atoms with Crippen molar-refractivity contribution < 1.29 is 19.1 Å². The molecule has 158 valence electrons. The molecule has 9 heteroatoms. The van der Waals surface area contributed by atoms with E-state index in [0.717, 1.165) is 32.8 Å². The first-order valence-electron chi connectivity index (χ1n) is 9.79. The summed E-state index contributed by atoms with van der Waals surface area (Å²) < 4.78 is 11.0. The number of carbonyl (C=O) groups is 2. The number of halogens is 1. The molecule has 2 aliphatic rings. The number of nitrogens with zero attached hydrogens (tertiary/aromatic N) is 2. The minimum absolute atomic E-state index is 0.0196. The van der Waals surface area contributed by atoms with Crippen molar-refractivity contribution in [2.75, 3.05) is 61.5 Å². The van der Waals surface area contributed by atoms with E-state index in [4.69, 9.17) is 21.1 Å². The lowest BCUT2D eigenvalue weighted by Gasteiger charge is -2.33. The van der Waals surface area contributed by atoms with Crippen LogP contribution in [-0.4, -0.2) is 62.8 Å². The molecule has 1 fully saturated rings. The van der Waals surface area contributed by atoms with E-state index in [9.17, 15) is 9.59 Å². The molecule has 2 aliphatic heterocycles. The Morgan fingerprint density at radius 3 is 2.57 bits per heavy atom. The van der Waals surface area contributed by atoms with Gasteiger partial charge in [-0.05, 0) is 30.3 Å². The second-order valence-electron chi connectivity index (χ2n) is 7.06. The number of hydrogen-bond donors (Lipinski definition) is 2. The maximum atomic E-state index is 12.4. The van der Waals surface area contributed by atoms with Crippen LogP contribution < -0.4 is 20.3 Å². The third kappa shape index (κ3) is 5.02. The summed E-state index contributed by atoms with van der Waals surface area (Å²) in [6, 6.07) is 11.8. The monoisotopic (exact) mass is 430 g/mol. The molecule has 0 unspecified atom stereocenters. The predicted octanol–water partition coefficient (Wildman–Crippen LogP) is 3.04. The van der Waals surface area contributed by atoms with E-state index in [1.165, 1.54) is 0 Å². The Hall–Kier alpha value is -2.81. The maximum absolute atomic E-state index is 12.4. The van der Waals surface area contributed by atoms with Gasteiger partial charge in [-0.2, -0.15) is 0 Å². The van der Waals surface area contributed by atoms with E-state index in [1.54, 1.807) is 47.4 Å². The first kappa shape index (κ1) is 20.5. The Balaban J connectivity index is 1.40. The molecule has 1 saturated heterocycles. The van der Waals surface area contributed by atoms with E-state index >= 15 is 0 Å². The van der Waals surface area contributed by atoms with Crippen molar-refractivity contribution in [1.29, 1.82) is 0 Å². The third-order valence-corrected chi connectivity index (χ3v) is 5.22. The molecule has 0 aliphatic carbocycles. The van der Waals surface area contributed by atoms with Crippen LogP contribution >= 0.6 is 11.6 Å². The minimum atomic E-state index is -0.395. The highest BCUT2D eigenvalue weighted by Gasteiger charge is 2.26. The fourth-order valence-electron chi connectivity index (χ4n) is 3.45. The van der Waals surface area contributed by atoms with Crippen LogP contribution in [0.1, 0.15) is 0 Å². The zero-order chi connectivity index (χ0) is 20.9. The van der Waals surface area contributed by atoms with Gasteiger partial charge in [-0.15, -0.1) is 0 Å². The normalized spacial score (nSPS) is 16.6. The summed E-state index contributed by atoms with van der Waals surface area (Å²) in [7, 11) is 0. The smallest absolute Gasteiger partial charge is 0.323 e. The number of rotatable bonds is 5. The Kier molecular flexibility index (Phi) is 6.37. The third-order valence-electron chi connectivity index (χ3n) is 4.99. The molecule has 0 radical (unpaired) electrons. The topological polar surface area (TPSA) is 83.1 Å². The average molecular weight is 431 g/mol. The fraction of sp³-hybridized carbons (Fsp3) is 0.333. The molecule has 2 heterocycles. The van der Waals surface area contributed by atoms with Gasteiger partial charge in [0, 0.05) is 48.6 Å². The molecule has 2 N–H and O–H groups in total. The van der Waals surface area contributed by atoms with Gasteiger partial charge in [0.15, 0.2) is 6.61 Å². The van der Waals surface area contributed by atoms with Crippen molar-refractivity contribution in [3.8, 4) is 5.75 Å². The van der Waals surface area contributed by atoms with Gasteiger partial charge in [0.25, 0.3) is 5.91 Å².